The zero-order valence-corrected chi connectivity index (χ0v) is 49.3. The fourth-order valence-corrected chi connectivity index (χ4v) is 15.0. The van der Waals surface area contributed by atoms with Gasteiger partial charge in [-0.2, -0.15) is 0 Å². The second-order valence-corrected chi connectivity index (χ2v) is 23.9. The maximum atomic E-state index is 7.51. The van der Waals surface area contributed by atoms with Crippen LogP contribution < -0.4 is 92.4 Å². The number of benzene rings is 13. The van der Waals surface area contributed by atoms with Crippen LogP contribution in [0.1, 0.15) is 0 Å². The van der Waals surface area contributed by atoms with Gasteiger partial charge >= 0.3 is 0 Å². The molecule has 91 heavy (non-hydrogen) atoms. The van der Waals surface area contributed by atoms with Gasteiger partial charge in [0.25, 0.3) is 20.1 Å². The number of hydrogen-bond donors (Lipinski definition) is 0. The van der Waals surface area contributed by atoms with Crippen molar-refractivity contribution in [2.75, 3.05) is 26.6 Å². The minimum Gasteiger partial charge on any atom is -0.458 e. The Balaban J connectivity index is 0.822. The van der Waals surface area contributed by atoms with Gasteiger partial charge in [-0.1, -0.05) is 158 Å². The Kier molecular flexibility index (Phi) is 11.4. The lowest BCUT2D eigenvalue weighted by Crippen LogP contribution is -2.64. The van der Waals surface area contributed by atoms with E-state index >= 15 is 0 Å². The maximum Gasteiger partial charge on any atom is 0.260 e. The summed E-state index contributed by atoms with van der Waals surface area (Å²) in [5, 5.41) is 0. The number of rotatable bonds is 9. The summed E-state index contributed by atoms with van der Waals surface area (Å²) >= 11 is 0. The maximum absolute atomic E-state index is 7.51. The second kappa shape index (κ2) is 20.1. The molecule has 0 spiro atoms. The van der Waals surface area contributed by atoms with Crippen LogP contribution in [0.5, 0.6) is 57.5 Å². The Morgan fingerprint density at radius 3 is 0.879 bits per heavy atom. The number of anilines is 11. The molecule has 19 rings (SSSR count). The molecule has 13 aromatic carbocycles. The van der Waals surface area contributed by atoms with E-state index in [9.17, 15) is 0 Å². The summed E-state index contributed by atoms with van der Waals surface area (Å²) in [7, 11) is 2.18. The molecule has 0 N–H and O–H groups in total. The molecule has 0 radical (unpaired) electrons. The lowest BCUT2D eigenvalue weighted by atomic mass is 9.30. The molecule has 0 bridgehead atoms. The summed E-state index contributed by atoms with van der Waals surface area (Å²) in [6.07, 6.45) is 0. The van der Waals surface area contributed by atoms with E-state index in [4.69, 9.17) is 23.7 Å². The molecule has 0 saturated carbocycles. The topological polar surface area (TPSA) is 59.1 Å². The van der Waals surface area contributed by atoms with Gasteiger partial charge in [-0.05, 0) is 129 Å². The highest BCUT2D eigenvalue weighted by Crippen LogP contribution is 2.49. The van der Waals surface area contributed by atoms with Crippen LogP contribution in [0, 0.1) is 0 Å². The van der Waals surface area contributed by atoms with Gasteiger partial charge < -0.3 is 43.3 Å². The van der Waals surface area contributed by atoms with Crippen LogP contribution in [0.2, 0.25) is 0 Å². The van der Waals surface area contributed by atoms with Crippen LogP contribution >= 0.6 is 0 Å². The van der Waals surface area contributed by atoms with Crippen molar-refractivity contribution < 1.29 is 23.7 Å². The average Bonchev–Trinajstić information content (AvgIpc) is 0.706. The molecule has 0 aliphatic carbocycles. The van der Waals surface area contributed by atoms with Crippen LogP contribution in [-0.4, -0.2) is 27.2 Å². The number of para-hydroxylation sites is 8. The van der Waals surface area contributed by atoms with Crippen LogP contribution in [0.3, 0.4) is 0 Å². The van der Waals surface area contributed by atoms with Crippen molar-refractivity contribution in [1.82, 2.24) is 0 Å². The smallest absolute Gasteiger partial charge is 0.260 e. The molecule has 0 atom stereocenters. The average molecular weight is 1170 g/mol. The Morgan fingerprint density at radius 1 is 0.220 bits per heavy atom. The normalized spacial score (nSPS) is 13.2. The first kappa shape index (κ1) is 51.3. The van der Waals surface area contributed by atoms with Gasteiger partial charge in [-0.15, -0.1) is 0 Å². The summed E-state index contributed by atoms with van der Waals surface area (Å²) in [5.41, 5.74) is 20.5. The fourth-order valence-electron chi connectivity index (χ4n) is 15.0. The van der Waals surface area contributed by atoms with Gasteiger partial charge in [-0.3, -0.25) is 0 Å². The van der Waals surface area contributed by atoms with Gasteiger partial charge in [0.1, 0.15) is 57.5 Å². The van der Waals surface area contributed by atoms with Crippen molar-refractivity contribution in [2.45, 2.75) is 0 Å². The molecular formula is C79H51B3N4O5. The molecule has 426 valence electrons. The van der Waals surface area contributed by atoms with Gasteiger partial charge in [0.2, 0.25) is 0 Å². The Labute approximate surface area is 528 Å². The predicted molar refractivity (Wildman–Crippen MR) is 372 cm³/mol. The molecule has 0 unspecified atom stereocenters. The van der Waals surface area contributed by atoms with Gasteiger partial charge in [0.15, 0.2) is 0 Å². The predicted octanol–water partition coefficient (Wildman–Crippen LogP) is 14.3. The van der Waals surface area contributed by atoms with E-state index in [0.29, 0.717) is 0 Å². The SMILES string of the molecule is CN1c2cc3c(cc2B2c4cc5c(cc4Oc4cc(N(c6ccccc6)c6ccccc6)cc1c42)Oc1cc(N(c2ccccc2)c2ccccc2)cc2c1B5c1ccccc1O2)B1c2ccccc2Oc2cc(N(c4ccccc4)c4ccccc4)cc(c21)O3. The Morgan fingerprint density at radius 2 is 0.505 bits per heavy atom. The van der Waals surface area contributed by atoms with Gasteiger partial charge in [0, 0.05) is 106 Å². The van der Waals surface area contributed by atoms with E-state index in [1.807, 2.05) is 12.1 Å². The number of nitrogens with zero attached hydrogens (tertiary/aromatic N) is 4. The molecule has 13 aromatic rings. The summed E-state index contributed by atoms with van der Waals surface area (Å²) in [6, 6.07) is 102. The molecule has 9 nitrogen and oxygen atoms in total. The molecule has 0 aromatic heterocycles. The fraction of sp³-hybridized carbons (Fsp3) is 0.0127. The van der Waals surface area contributed by atoms with E-state index < -0.39 is 0 Å². The lowest BCUT2D eigenvalue weighted by Gasteiger charge is -2.42. The Hall–Kier alpha value is -11.7. The van der Waals surface area contributed by atoms with Gasteiger partial charge in [-0.25, -0.2) is 0 Å². The summed E-state index contributed by atoms with van der Waals surface area (Å²) < 4.78 is 36.3. The third kappa shape index (κ3) is 8.02. The quantitative estimate of drug-likeness (QED) is 0.132. The Bertz CT molecular complexity index is 4990. The van der Waals surface area contributed by atoms with Crippen molar-refractivity contribution in [2.24, 2.45) is 0 Å². The monoisotopic (exact) mass is 1170 g/mol. The van der Waals surface area contributed by atoms with Crippen molar-refractivity contribution in [3.63, 3.8) is 0 Å². The zero-order chi connectivity index (χ0) is 59.8. The molecule has 12 heteroatoms. The molecule has 6 aliphatic heterocycles. The van der Waals surface area contributed by atoms with Crippen molar-refractivity contribution in [3.05, 3.63) is 291 Å². The van der Waals surface area contributed by atoms with Crippen LogP contribution in [0.4, 0.5) is 62.6 Å². The molecule has 6 heterocycles. The van der Waals surface area contributed by atoms with Crippen molar-refractivity contribution >= 4 is 132 Å². The van der Waals surface area contributed by atoms with Crippen LogP contribution in [0.25, 0.3) is 0 Å². The van der Waals surface area contributed by atoms with Gasteiger partial charge in [0.05, 0.1) is 17.1 Å². The molecular weight excluding hydrogens is 1120 g/mol. The first-order valence-corrected chi connectivity index (χ1v) is 30.9. The van der Waals surface area contributed by atoms with Crippen LogP contribution in [0.15, 0.2) is 291 Å². The van der Waals surface area contributed by atoms with E-state index in [0.717, 1.165) is 169 Å². The minimum atomic E-state index is -0.293. The first-order chi connectivity index (χ1) is 45.0. The second-order valence-electron chi connectivity index (χ2n) is 23.9. The number of fused-ring (bicyclic) bond motifs is 12. The standard InChI is InChI=1S/C79H51B3N4O5/c1-83-65-48-69-62(80-59-36-20-22-38-67(59)87-73-42-57(44-75(89-69)78(73)80)85(52-28-12-4-13-29-52)53-30-14-5-15-31-53)46-61(65)82-64-47-63-70(49-71(64)90-72-41-56(40-66(83)77(72)82)84(50-24-8-2-9-25-50)51-26-10-3-11-27-51)91-76-45-58(43-74-79(76)81(63)60-37-21-23-39-68(60)88-74)86(54-32-16-6-17-33-54)55-34-18-7-19-35-55/h2-49H,1H3. The zero-order valence-electron chi connectivity index (χ0n) is 49.3. The third-order valence-corrected chi connectivity index (χ3v) is 18.8. The first-order valence-electron chi connectivity index (χ1n) is 30.9. The summed E-state index contributed by atoms with van der Waals surface area (Å²) in [5.74, 6) is 7.62. The lowest BCUT2D eigenvalue weighted by molar-refractivity contribution is 0.456. The van der Waals surface area contributed by atoms with Crippen LogP contribution in [-0.2, 0) is 0 Å². The van der Waals surface area contributed by atoms with E-state index in [-0.39, 0.29) is 20.1 Å². The highest BCUT2D eigenvalue weighted by molar-refractivity contribution is 7.03. The number of ether oxygens (including phenoxy) is 5. The van der Waals surface area contributed by atoms with E-state index in [1.54, 1.807) is 0 Å². The van der Waals surface area contributed by atoms with Crippen molar-refractivity contribution in [3.8, 4) is 57.5 Å². The number of hydrogen-bond acceptors (Lipinski definition) is 9. The molecule has 0 amide bonds. The van der Waals surface area contributed by atoms with E-state index in [1.165, 1.54) is 0 Å². The molecule has 0 saturated heterocycles. The summed E-state index contributed by atoms with van der Waals surface area (Å²) in [4.78, 5) is 9.17. The van der Waals surface area contributed by atoms with E-state index in [2.05, 4.69) is 306 Å². The minimum absolute atomic E-state index is 0.215. The summed E-state index contributed by atoms with van der Waals surface area (Å²) in [6.45, 7) is -0.735. The highest BCUT2D eigenvalue weighted by atomic mass is 16.5. The molecule has 0 fully saturated rings. The largest absolute Gasteiger partial charge is 0.458 e. The van der Waals surface area contributed by atoms with Crippen molar-refractivity contribution in [1.29, 1.82) is 0 Å². The third-order valence-electron chi connectivity index (χ3n) is 18.8. The molecule has 6 aliphatic rings. The highest BCUT2D eigenvalue weighted by Gasteiger charge is 2.48.